The van der Waals surface area contributed by atoms with Gasteiger partial charge in [-0.3, -0.25) is 4.79 Å². The Labute approximate surface area is 173 Å². The van der Waals surface area contributed by atoms with Gasteiger partial charge in [-0.05, 0) is 55.0 Å². The highest BCUT2D eigenvalue weighted by Gasteiger charge is 2.13. The zero-order valence-corrected chi connectivity index (χ0v) is 16.6. The maximum absolute atomic E-state index is 12.6. The maximum Gasteiger partial charge on any atom is 0.251 e. The van der Waals surface area contributed by atoms with Gasteiger partial charge in [0.05, 0.1) is 11.7 Å². The van der Waals surface area contributed by atoms with Gasteiger partial charge in [0.15, 0.2) is 0 Å². The van der Waals surface area contributed by atoms with Crippen LogP contribution in [-0.2, 0) is 6.61 Å². The van der Waals surface area contributed by atoms with Gasteiger partial charge in [-0.15, -0.1) is 0 Å². The largest absolute Gasteiger partial charge is 0.487 e. The number of benzene rings is 2. The van der Waals surface area contributed by atoms with Crippen molar-refractivity contribution in [2.24, 2.45) is 0 Å². The molecular weight excluding hydrogens is 386 g/mol. The number of carbonyl (C=O) groups is 1. The average Bonchev–Trinajstić information content (AvgIpc) is 3.15. The van der Waals surface area contributed by atoms with Crippen molar-refractivity contribution in [3.05, 3.63) is 101 Å². The Kier molecular flexibility index (Phi) is 5.49. The minimum absolute atomic E-state index is 0.163. The quantitative estimate of drug-likeness (QED) is 0.488. The van der Waals surface area contributed by atoms with Gasteiger partial charge in [-0.25, -0.2) is 4.98 Å². The number of nitrogens with zero attached hydrogens (tertiary/aromatic N) is 2. The fourth-order valence-corrected chi connectivity index (χ4v) is 3.28. The highest BCUT2D eigenvalue weighted by molar-refractivity contribution is 6.30. The van der Waals surface area contributed by atoms with Crippen LogP contribution in [0.25, 0.3) is 5.65 Å². The molecule has 1 N–H and O–H groups in total. The SMILES string of the molecule is C[C@H](NC(=O)c1cccc(OCc2cn3ccccc3n2)c1)c1cccc(Cl)c1. The average molecular weight is 406 g/mol. The fourth-order valence-electron chi connectivity index (χ4n) is 3.08. The van der Waals surface area contributed by atoms with Gasteiger partial charge in [0, 0.05) is 23.0 Å². The molecule has 0 aliphatic heterocycles. The van der Waals surface area contributed by atoms with Crippen LogP contribution in [0, 0.1) is 0 Å². The van der Waals surface area contributed by atoms with E-state index in [4.69, 9.17) is 16.3 Å². The molecule has 5 nitrogen and oxygen atoms in total. The molecule has 0 bridgehead atoms. The van der Waals surface area contributed by atoms with Gasteiger partial charge in [0.2, 0.25) is 0 Å². The molecule has 6 heteroatoms. The molecule has 2 heterocycles. The first kappa shape index (κ1) is 19.0. The zero-order chi connectivity index (χ0) is 20.2. The molecule has 0 saturated heterocycles. The number of rotatable bonds is 6. The van der Waals surface area contributed by atoms with Gasteiger partial charge in [0.25, 0.3) is 5.91 Å². The van der Waals surface area contributed by atoms with Crippen LogP contribution in [0.1, 0.15) is 34.6 Å². The Balaban J connectivity index is 1.41. The molecule has 0 unspecified atom stereocenters. The first-order valence-electron chi connectivity index (χ1n) is 9.30. The smallest absolute Gasteiger partial charge is 0.251 e. The molecule has 4 rings (SSSR count). The summed E-state index contributed by atoms with van der Waals surface area (Å²) in [5, 5.41) is 3.63. The predicted molar refractivity (Wildman–Crippen MR) is 113 cm³/mol. The number of imidazole rings is 1. The van der Waals surface area contributed by atoms with E-state index in [2.05, 4.69) is 10.3 Å². The highest BCUT2D eigenvalue weighted by Crippen LogP contribution is 2.19. The van der Waals surface area contributed by atoms with Crippen molar-refractivity contribution in [3.63, 3.8) is 0 Å². The van der Waals surface area contributed by atoms with Crippen molar-refractivity contribution in [2.45, 2.75) is 19.6 Å². The molecular formula is C23H20ClN3O2. The van der Waals surface area contributed by atoms with Crippen molar-refractivity contribution < 1.29 is 9.53 Å². The maximum atomic E-state index is 12.6. The van der Waals surface area contributed by atoms with Crippen LogP contribution in [0.4, 0.5) is 0 Å². The fraction of sp³-hybridized carbons (Fsp3) is 0.130. The monoisotopic (exact) mass is 405 g/mol. The van der Waals surface area contributed by atoms with Crippen molar-refractivity contribution in [3.8, 4) is 5.75 Å². The van der Waals surface area contributed by atoms with Crippen molar-refractivity contribution >= 4 is 23.2 Å². The summed E-state index contributed by atoms with van der Waals surface area (Å²) in [6.07, 6.45) is 3.87. The second-order valence-electron chi connectivity index (χ2n) is 6.77. The van der Waals surface area contributed by atoms with Gasteiger partial charge < -0.3 is 14.5 Å². The predicted octanol–water partition coefficient (Wildman–Crippen LogP) is 5.06. The van der Waals surface area contributed by atoms with Crippen LogP contribution < -0.4 is 10.1 Å². The van der Waals surface area contributed by atoms with E-state index in [0.717, 1.165) is 16.9 Å². The van der Waals surface area contributed by atoms with Crippen molar-refractivity contribution in [1.29, 1.82) is 0 Å². The molecule has 4 aromatic rings. The van der Waals surface area contributed by atoms with E-state index in [1.54, 1.807) is 18.2 Å². The Hall–Kier alpha value is -3.31. The standard InChI is InChI=1S/C23H20ClN3O2/c1-16(17-6-4-8-19(24)12-17)25-23(28)18-7-5-9-21(13-18)29-15-20-14-27-11-3-2-10-22(27)26-20/h2-14,16H,15H2,1H3,(H,25,28)/t16-/m0/s1. The molecule has 0 fully saturated rings. The Bertz CT molecular complexity index is 1120. The molecule has 2 aromatic carbocycles. The summed E-state index contributed by atoms with van der Waals surface area (Å²) in [7, 11) is 0. The number of pyridine rings is 1. The zero-order valence-electron chi connectivity index (χ0n) is 15.9. The lowest BCUT2D eigenvalue weighted by Gasteiger charge is -2.15. The second kappa shape index (κ2) is 8.37. The van der Waals surface area contributed by atoms with Gasteiger partial charge >= 0.3 is 0 Å². The molecule has 0 aliphatic rings. The molecule has 29 heavy (non-hydrogen) atoms. The molecule has 1 atom stereocenters. The summed E-state index contributed by atoms with van der Waals surface area (Å²) in [5.41, 5.74) is 3.17. The minimum atomic E-state index is -0.171. The van der Waals surface area contributed by atoms with E-state index >= 15 is 0 Å². The van der Waals surface area contributed by atoms with Crippen LogP contribution in [0.15, 0.2) is 79.1 Å². The number of carbonyl (C=O) groups excluding carboxylic acids is 1. The number of aromatic nitrogens is 2. The lowest BCUT2D eigenvalue weighted by atomic mass is 10.1. The number of nitrogens with one attached hydrogen (secondary N) is 1. The summed E-state index contributed by atoms with van der Waals surface area (Å²) < 4.78 is 7.79. The molecule has 146 valence electrons. The number of hydrogen-bond donors (Lipinski definition) is 1. The van der Waals surface area contributed by atoms with E-state index in [1.165, 1.54) is 0 Å². The van der Waals surface area contributed by atoms with Crippen LogP contribution in [0.5, 0.6) is 5.75 Å². The Morgan fingerprint density at radius 1 is 1.14 bits per heavy atom. The van der Waals surface area contributed by atoms with Gasteiger partial charge in [-0.2, -0.15) is 0 Å². The summed E-state index contributed by atoms with van der Waals surface area (Å²) in [5.74, 6) is 0.445. The van der Waals surface area contributed by atoms with Crippen LogP contribution in [-0.4, -0.2) is 15.3 Å². The summed E-state index contributed by atoms with van der Waals surface area (Å²) in [4.78, 5) is 17.2. The van der Waals surface area contributed by atoms with Gasteiger partial charge in [-0.1, -0.05) is 35.9 Å². The van der Waals surface area contributed by atoms with Crippen molar-refractivity contribution in [1.82, 2.24) is 14.7 Å². The molecule has 0 spiro atoms. The number of fused-ring (bicyclic) bond motifs is 1. The molecule has 2 aromatic heterocycles. The van der Waals surface area contributed by atoms with Crippen LogP contribution in [0.2, 0.25) is 5.02 Å². The first-order valence-corrected chi connectivity index (χ1v) is 9.68. The topological polar surface area (TPSA) is 55.6 Å². The lowest BCUT2D eigenvalue weighted by Crippen LogP contribution is -2.26. The number of hydrogen-bond acceptors (Lipinski definition) is 3. The summed E-state index contributed by atoms with van der Waals surface area (Å²) in [6, 6.07) is 20.3. The summed E-state index contributed by atoms with van der Waals surface area (Å²) >= 11 is 6.04. The first-order chi connectivity index (χ1) is 14.1. The van der Waals surface area contributed by atoms with E-state index in [0.29, 0.717) is 22.9 Å². The van der Waals surface area contributed by atoms with Gasteiger partial charge in [0.1, 0.15) is 18.0 Å². The highest BCUT2D eigenvalue weighted by atomic mass is 35.5. The molecule has 0 saturated carbocycles. The normalized spacial score (nSPS) is 11.9. The third kappa shape index (κ3) is 4.58. The van der Waals surface area contributed by atoms with E-state index in [-0.39, 0.29) is 11.9 Å². The van der Waals surface area contributed by atoms with Crippen LogP contribution in [0.3, 0.4) is 0 Å². The minimum Gasteiger partial charge on any atom is -0.487 e. The van der Waals surface area contributed by atoms with E-state index in [1.807, 2.05) is 72.2 Å². The summed E-state index contributed by atoms with van der Waals surface area (Å²) in [6.45, 7) is 2.25. The molecule has 0 radical (unpaired) electrons. The third-order valence-corrected chi connectivity index (χ3v) is 4.83. The second-order valence-corrected chi connectivity index (χ2v) is 7.20. The molecule has 1 amide bonds. The number of halogens is 1. The Morgan fingerprint density at radius 2 is 2.00 bits per heavy atom. The van der Waals surface area contributed by atoms with E-state index < -0.39 is 0 Å². The van der Waals surface area contributed by atoms with Crippen LogP contribution >= 0.6 is 11.6 Å². The van der Waals surface area contributed by atoms with E-state index in [9.17, 15) is 4.79 Å². The number of ether oxygens (including phenoxy) is 1. The molecule has 0 aliphatic carbocycles. The third-order valence-electron chi connectivity index (χ3n) is 4.59. The Morgan fingerprint density at radius 3 is 2.83 bits per heavy atom. The number of amides is 1. The van der Waals surface area contributed by atoms with Crippen molar-refractivity contribution in [2.75, 3.05) is 0 Å². The lowest BCUT2D eigenvalue weighted by molar-refractivity contribution is 0.0939.